The van der Waals surface area contributed by atoms with E-state index in [0.717, 1.165) is 51.4 Å². The van der Waals surface area contributed by atoms with Crippen LogP contribution in [0, 0.1) is 0 Å². The lowest BCUT2D eigenvalue weighted by molar-refractivity contribution is 0.298. The zero-order chi connectivity index (χ0) is 18.5. The van der Waals surface area contributed by atoms with Gasteiger partial charge in [0.1, 0.15) is 5.56 Å². The molecule has 0 radical (unpaired) electrons. The van der Waals surface area contributed by atoms with Crippen LogP contribution in [0.3, 0.4) is 0 Å². The van der Waals surface area contributed by atoms with Gasteiger partial charge in [0.2, 0.25) is 5.88 Å². The second-order valence-electron chi connectivity index (χ2n) is 7.45. The zero-order valence-corrected chi connectivity index (χ0v) is 15.6. The Morgan fingerprint density at radius 1 is 1.23 bits per heavy atom. The molecule has 1 aromatic rings. The molecule has 3 rings (SSSR count). The van der Waals surface area contributed by atoms with Gasteiger partial charge in [-0.05, 0) is 51.9 Å². The molecule has 2 N–H and O–H groups in total. The summed E-state index contributed by atoms with van der Waals surface area (Å²) in [5.41, 5.74) is 0.969. The topological polar surface area (TPSA) is 87.4 Å². The Morgan fingerprint density at radius 2 is 2.00 bits per heavy atom. The van der Waals surface area contributed by atoms with Crippen LogP contribution in [0.2, 0.25) is 0 Å². The van der Waals surface area contributed by atoms with Crippen molar-refractivity contribution in [3.63, 3.8) is 0 Å². The van der Waals surface area contributed by atoms with Crippen molar-refractivity contribution in [1.82, 2.24) is 9.55 Å². The number of aromatic nitrogens is 2. The lowest BCUT2D eigenvalue weighted by atomic mass is 9.95. The number of nitrogens with zero attached hydrogens (tertiary/aromatic N) is 2. The molecule has 0 bridgehead atoms. The number of aromatic hydroxyl groups is 1. The Bertz CT molecular complexity index is 811. The number of rotatable bonds is 5. The molecule has 0 spiro atoms. The van der Waals surface area contributed by atoms with Gasteiger partial charge in [-0.25, -0.2) is 4.79 Å². The van der Waals surface area contributed by atoms with Crippen LogP contribution in [0.25, 0.3) is 0 Å². The fourth-order valence-electron chi connectivity index (χ4n) is 4.12. The Morgan fingerprint density at radius 3 is 2.69 bits per heavy atom. The van der Waals surface area contributed by atoms with E-state index < -0.39 is 11.2 Å². The van der Waals surface area contributed by atoms with E-state index in [0.29, 0.717) is 12.3 Å². The third kappa shape index (κ3) is 4.17. The summed E-state index contributed by atoms with van der Waals surface area (Å²) in [6, 6.07) is -0.0490. The molecule has 0 amide bonds. The van der Waals surface area contributed by atoms with Gasteiger partial charge < -0.3 is 5.11 Å². The summed E-state index contributed by atoms with van der Waals surface area (Å²) < 4.78 is 1.36. The lowest BCUT2D eigenvalue weighted by Crippen LogP contribution is -2.36. The highest BCUT2D eigenvalue weighted by Gasteiger charge is 2.23. The predicted octanol–water partition coefficient (Wildman–Crippen LogP) is 3.45. The quantitative estimate of drug-likeness (QED) is 0.623. The maximum Gasteiger partial charge on any atom is 0.331 e. The van der Waals surface area contributed by atoms with E-state index in [1.807, 2.05) is 0 Å². The second kappa shape index (κ2) is 8.52. The number of nitrogens with one attached hydrogen (secondary N) is 1. The van der Waals surface area contributed by atoms with Gasteiger partial charge in [-0.15, -0.1) is 0 Å². The number of aromatic amines is 1. The third-order valence-electron chi connectivity index (χ3n) is 5.59. The van der Waals surface area contributed by atoms with Gasteiger partial charge >= 0.3 is 5.69 Å². The van der Waals surface area contributed by atoms with Gasteiger partial charge in [0, 0.05) is 18.3 Å². The fourth-order valence-corrected chi connectivity index (χ4v) is 4.12. The summed E-state index contributed by atoms with van der Waals surface area (Å²) in [7, 11) is 0. The summed E-state index contributed by atoms with van der Waals surface area (Å²) in [4.78, 5) is 31.4. The van der Waals surface area contributed by atoms with Crippen LogP contribution in [-0.4, -0.2) is 26.9 Å². The van der Waals surface area contributed by atoms with E-state index in [2.05, 4.69) is 16.1 Å². The minimum absolute atomic E-state index is 0.0490. The molecule has 2 aliphatic rings. The first kappa shape index (κ1) is 18.7. The minimum Gasteiger partial charge on any atom is -0.494 e. The first-order valence-corrected chi connectivity index (χ1v) is 9.85. The molecule has 142 valence electrons. The predicted molar refractivity (Wildman–Crippen MR) is 103 cm³/mol. The maximum absolute atomic E-state index is 12.3. The molecule has 0 aliphatic heterocycles. The van der Waals surface area contributed by atoms with Crippen molar-refractivity contribution < 1.29 is 5.11 Å². The van der Waals surface area contributed by atoms with Crippen LogP contribution in [0.1, 0.15) is 82.7 Å². The van der Waals surface area contributed by atoms with E-state index in [1.54, 1.807) is 6.92 Å². The maximum atomic E-state index is 12.3. The monoisotopic (exact) mass is 359 g/mol. The van der Waals surface area contributed by atoms with E-state index in [4.69, 9.17) is 0 Å². The molecule has 6 heteroatoms. The lowest BCUT2D eigenvalue weighted by Gasteiger charge is -2.25. The first-order chi connectivity index (χ1) is 12.6. The van der Waals surface area contributed by atoms with Crippen molar-refractivity contribution in [2.24, 2.45) is 4.99 Å². The third-order valence-corrected chi connectivity index (χ3v) is 5.59. The van der Waals surface area contributed by atoms with Crippen LogP contribution in [-0.2, 0) is 0 Å². The van der Waals surface area contributed by atoms with Crippen LogP contribution in [0.4, 0.5) is 0 Å². The first-order valence-electron chi connectivity index (χ1n) is 9.85. The standard InChI is InChI=1S/C20H29N3O3/c1-14(21-13-12-15-8-4-2-5-9-15)17-18(24)22-20(26)23(19(17)25)16-10-6-3-7-11-16/h8,16,25H,2-7,9-13H2,1H3,(H,22,24,26). The molecule has 1 saturated carbocycles. The molecule has 2 aliphatic carbocycles. The smallest absolute Gasteiger partial charge is 0.331 e. The average Bonchev–Trinajstić information content (AvgIpc) is 2.63. The number of allylic oxidation sites excluding steroid dienone is 1. The average molecular weight is 359 g/mol. The highest BCUT2D eigenvalue weighted by atomic mass is 16.3. The van der Waals surface area contributed by atoms with Crippen molar-refractivity contribution in [2.75, 3.05) is 6.54 Å². The number of hydrogen-bond donors (Lipinski definition) is 2. The van der Waals surface area contributed by atoms with Crippen molar-refractivity contribution in [1.29, 1.82) is 0 Å². The Balaban J connectivity index is 1.83. The summed E-state index contributed by atoms with van der Waals surface area (Å²) in [6.45, 7) is 2.33. The van der Waals surface area contributed by atoms with Gasteiger partial charge in [-0.3, -0.25) is 19.3 Å². The van der Waals surface area contributed by atoms with Crippen molar-refractivity contribution >= 4 is 5.71 Å². The molecule has 0 aromatic carbocycles. The highest BCUT2D eigenvalue weighted by molar-refractivity contribution is 6.00. The molecular formula is C20H29N3O3. The Labute approximate surface area is 153 Å². The molecule has 1 aromatic heterocycles. The Hall–Kier alpha value is -2.11. The van der Waals surface area contributed by atoms with Gasteiger partial charge in [-0.1, -0.05) is 30.9 Å². The van der Waals surface area contributed by atoms with Gasteiger partial charge in [0.05, 0.1) is 0 Å². The molecule has 6 nitrogen and oxygen atoms in total. The zero-order valence-electron chi connectivity index (χ0n) is 15.6. The van der Waals surface area contributed by atoms with E-state index in [-0.39, 0.29) is 17.5 Å². The normalized spacial score (nSPS) is 19.4. The van der Waals surface area contributed by atoms with E-state index in [1.165, 1.54) is 23.0 Å². The second-order valence-corrected chi connectivity index (χ2v) is 7.45. The van der Waals surface area contributed by atoms with Crippen LogP contribution < -0.4 is 11.2 Å². The molecule has 0 atom stereocenters. The number of hydrogen-bond acceptors (Lipinski definition) is 4. The summed E-state index contributed by atoms with van der Waals surface area (Å²) in [6.07, 6.45) is 12.9. The van der Waals surface area contributed by atoms with Crippen LogP contribution in [0.15, 0.2) is 26.2 Å². The van der Waals surface area contributed by atoms with Crippen molar-refractivity contribution in [2.45, 2.75) is 77.2 Å². The summed E-state index contributed by atoms with van der Waals surface area (Å²) in [5, 5.41) is 10.7. The number of H-pyrrole nitrogens is 1. The molecule has 1 heterocycles. The molecule has 26 heavy (non-hydrogen) atoms. The summed E-state index contributed by atoms with van der Waals surface area (Å²) in [5.74, 6) is -0.233. The fraction of sp³-hybridized carbons (Fsp3) is 0.650. The molecule has 0 saturated heterocycles. The molecule has 0 unspecified atom stereocenters. The van der Waals surface area contributed by atoms with Crippen LogP contribution >= 0.6 is 0 Å². The Kier molecular flexibility index (Phi) is 6.12. The largest absolute Gasteiger partial charge is 0.494 e. The van der Waals surface area contributed by atoms with Gasteiger partial charge in [0.15, 0.2) is 0 Å². The highest BCUT2D eigenvalue weighted by Crippen LogP contribution is 2.30. The molecule has 1 fully saturated rings. The van der Waals surface area contributed by atoms with E-state index in [9.17, 15) is 14.7 Å². The van der Waals surface area contributed by atoms with Gasteiger partial charge in [-0.2, -0.15) is 0 Å². The molecular weight excluding hydrogens is 330 g/mol. The van der Waals surface area contributed by atoms with Crippen molar-refractivity contribution in [3.8, 4) is 5.88 Å². The summed E-state index contributed by atoms with van der Waals surface area (Å²) >= 11 is 0. The van der Waals surface area contributed by atoms with Crippen molar-refractivity contribution in [3.05, 3.63) is 38.1 Å². The SMILES string of the molecule is CC(=NCCC1=CCCCC1)c1c(O)n(C2CCCCC2)c(=O)[nH]c1=O. The van der Waals surface area contributed by atoms with E-state index >= 15 is 0 Å². The van der Waals surface area contributed by atoms with Crippen LogP contribution in [0.5, 0.6) is 5.88 Å². The van der Waals surface area contributed by atoms with Gasteiger partial charge in [0.25, 0.3) is 5.56 Å². The number of aliphatic imine (C=N–C) groups is 1. The minimum atomic E-state index is -0.558.